The number of carboxylic acids is 1. The Balaban J connectivity index is 2.11. The predicted octanol–water partition coefficient (Wildman–Crippen LogP) is 1.55. The summed E-state index contributed by atoms with van der Waals surface area (Å²) >= 11 is 0. The topological polar surface area (TPSA) is 89.9 Å². The fraction of sp³-hybridized carbons (Fsp3) is 0.467. The number of aliphatic hydroxyl groups is 1. The molecule has 21 heavy (non-hydrogen) atoms. The van der Waals surface area contributed by atoms with E-state index in [0.29, 0.717) is 17.8 Å². The third kappa shape index (κ3) is 3.52. The van der Waals surface area contributed by atoms with Gasteiger partial charge in [0.25, 0.3) is 0 Å². The van der Waals surface area contributed by atoms with Crippen LogP contribution < -0.4 is 5.32 Å². The number of aliphatic hydroxyl groups excluding tert-OH is 1. The summed E-state index contributed by atoms with van der Waals surface area (Å²) in [5, 5.41) is 21.0. The first-order valence-corrected chi connectivity index (χ1v) is 7.01. The molecule has 2 unspecified atom stereocenters. The van der Waals surface area contributed by atoms with E-state index in [4.69, 9.17) is 5.11 Å². The van der Waals surface area contributed by atoms with Gasteiger partial charge in [0, 0.05) is 12.2 Å². The van der Waals surface area contributed by atoms with Gasteiger partial charge in [-0.1, -0.05) is 25.1 Å². The van der Waals surface area contributed by atoms with E-state index in [0.717, 1.165) is 6.42 Å². The average Bonchev–Trinajstić information content (AvgIpc) is 2.81. The number of nitrogens with one attached hydrogen (secondary N) is 1. The van der Waals surface area contributed by atoms with Crippen LogP contribution in [0.15, 0.2) is 24.3 Å². The molecular formula is C15H20N2O4. The van der Waals surface area contributed by atoms with Gasteiger partial charge in [-0.15, -0.1) is 0 Å². The molecule has 0 spiro atoms. The number of carboxylic acid groups (broad SMARTS) is 1. The van der Waals surface area contributed by atoms with Gasteiger partial charge < -0.3 is 20.4 Å². The standard InChI is InChI=1S/C15H20N2O4/c1-10-6-7-17(13(10)9-18)15(21)16-12-5-3-2-4-11(12)8-14(19)20/h2-5,10,13,18H,6-9H2,1H3,(H,16,21)(H,19,20). The van der Waals surface area contributed by atoms with Crippen molar-refractivity contribution in [3.63, 3.8) is 0 Å². The maximum Gasteiger partial charge on any atom is 0.322 e. The van der Waals surface area contributed by atoms with Gasteiger partial charge in [0.05, 0.1) is 19.1 Å². The second-order valence-corrected chi connectivity index (χ2v) is 5.37. The number of urea groups is 1. The number of likely N-dealkylation sites (tertiary alicyclic amines) is 1. The van der Waals surface area contributed by atoms with Gasteiger partial charge in [0.1, 0.15) is 0 Å². The Morgan fingerprint density at radius 1 is 1.38 bits per heavy atom. The van der Waals surface area contributed by atoms with E-state index in [1.165, 1.54) is 0 Å². The van der Waals surface area contributed by atoms with E-state index in [9.17, 15) is 14.7 Å². The molecule has 0 radical (unpaired) electrons. The molecule has 6 heteroatoms. The number of carbonyl (C=O) groups is 2. The quantitative estimate of drug-likeness (QED) is 0.785. The van der Waals surface area contributed by atoms with Crippen LogP contribution in [0, 0.1) is 5.92 Å². The summed E-state index contributed by atoms with van der Waals surface area (Å²) in [5.41, 5.74) is 1.06. The van der Waals surface area contributed by atoms with Gasteiger partial charge in [0.2, 0.25) is 0 Å². The molecule has 1 heterocycles. The summed E-state index contributed by atoms with van der Waals surface area (Å²) < 4.78 is 0. The maximum atomic E-state index is 12.3. The first-order chi connectivity index (χ1) is 10.0. The molecule has 0 bridgehead atoms. The molecular weight excluding hydrogens is 272 g/mol. The molecule has 1 fully saturated rings. The lowest BCUT2D eigenvalue weighted by molar-refractivity contribution is -0.136. The van der Waals surface area contributed by atoms with Crippen LogP contribution in [0.5, 0.6) is 0 Å². The van der Waals surface area contributed by atoms with Crippen molar-refractivity contribution in [3.8, 4) is 0 Å². The van der Waals surface area contributed by atoms with Crippen LogP contribution in [0.25, 0.3) is 0 Å². The minimum Gasteiger partial charge on any atom is -0.481 e. The zero-order chi connectivity index (χ0) is 15.4. The average molecular weight is 292 g/mol. The Morgan fingerprint density at radius 2 is 2.10 bits per heavy atom. The first kappa shape index (κ1) is 15.3. The highest BCUT2D eigenvalue weighted by molar-refractivity contribution is 5.91. The lowest BCUT2D eigenvalue weighted by Crippen LogP contribution is -2.42. The normalized spacial score (nSPS) is 21.3. The number of para-hydroxylation sites is 1. The predicted molar refractivity (Wildman–Crippen MR) is 78.2 cm³/mol. The third-order valence-corrected chi connectivity index (χ3v) is 3.93. The van der Waals surface area contributed by atoms with Crippen LogP contribution in [-0.2, 0) is 11.2 Å². The maximum absolute atomic E-state index is 12.3. The van der Waals surface area contributed by atoms with Gasteiger partial charge in [-0.05, 0) is 24.0 Å². The molecule has 3 N–H and O–H groups in total. The summed E-state index contributed by atoms with van der Waals surface area (Å²) in [6.45, 7) is 2.54. The van der Waals surface area contributed by atoms with E-state index in [1.54, 1.807) is 29.2 Å². The molecule has 2 atom stereocenters. The second kappa shape index (κ2) is 6.58. The minimum atomic E-state index is -0.945. The number of hydrogen-bond acceptors (Lipinski definition) is 3. The third-order valence-electron chi connectivity index (χ3n) is 3.93. The number of benzene rings is 1. The van der Waals surface area contributed by atoms with Crippen LogP contribution >= 0.6 is 0 Å². The SMILES string of the molecule is CC1CCN(C(=O)Nc2ccccc2CC(=O)O)C1CO. The number of carbonyl (C=O) groups excluding carboxylic acids is 1. The Morgan fingerprint density at radius 3 is 2.76 bits per heavy atom. The van der Waals surface area contributed by atoms with Gasteiger partial charge in [-0.2, -0.15) is 0 Å². The van der Waals surface area contributed by atoms with E-state index in [-0.39, 0.29) is 31.0 Å². The summed E-state index contributed by atoms with van der Waals surface area (Å²) in [5.74, 6) is -0.685. The fourth-order valence-electron chi connectivity index (χ4n) is 2.69. The number of anilines is 1. The van der Waals surface area contributed by atoms with Crippen LogP contribution in [0.4, 0.5) is 10.5 Å². The van der Waals surface area contributed by atoms with E-state index >= 15 is 0 Å². The Labute approximate surface area is 123 Å². The van der Waals surface area contributed by atoms with E-state index in [1.807, 2.05) is 6.92 Å². The Kier molecular flexibility index (Phi) is 4.80. The van der Waals surface area contributed by atoms with Crippen molar-refractivity contribution in [3.05, 3.63) is 29.8 Å². The molecule has 1 aliphatic rings. The number of amides is 2. The van der Waals surface area contributed by atoms with Crippen molar-refractivity contribution in [2.75, 3.05) is 18.5 Å². The number of aliphatic carboxylic acids is 1. The van der Waals surface area contributed by atoms with Crippen molar-refractivity contribution < 1.29 is 19.8 Å². The number of nitrogens with zero attached hydrogens (tertiary/aromatic N) is 1. The lowest BCUT2D eigenvalue weighted by Gasteiger charge is -2.25. The Bertz CT molecular complexity index is 532. The second-order valence-electron chi connectivity index (χ2n) is 5.37. The fourth-order valence-corrected chi connectivity index (χ4v) is 2.69. The van der Waals surface area contributed by atoms with Crippen LogP contribution in [0.1, 0.15) is 18.9 Å². The van der Waals surface area contributed by atoms with Crippen molar-refractivity contribution in [2.45, 2.75) is 25.8 Å². The molecule has 2 rings (SSSR count). The molecule has 1 aromatic rings. The first-order valence-electron chi connectivity index (χ1n) is 7.01. The molecule has 0 aromatic heterocycles. The van der Waals surface area contributed by atoms with Crippen LogP contribution in [-0.4, -0.2) is 46.3 Å². The van der Waals surface area contributed by atoms with Crippen molar-refractivity contribution in [1.82, 2.24) is 4.90 Å². The minimum absolute atomic E-state index is 0.0641. The van der Waals surface area contributed by atoms with E-state index < -0.39 is 5.97 Å². The zero-order valence-electron chi connectivity index (χ0n) is 12.0. The molecule has 2 amide bonds. The van der Waals surface area contributed by atoms with Gasteiger partial charge in [-0.25, -0.2) is 4.79 Å². The van der Waals surface area contributed by atoms with Crippen molar-refractivity contribution >= 4 is 17.7 Å². The molecule has 1 aliphatic heterocycles. The summed E-state index contributed by atoms with van der Waals surface area (Å²) in [4.78, 5) is 24.8. The van der Waals surface area contributed by atoms with Crippen molar-refractivity contribution in [2.24, 2.45) is 5.92 Å². The van der Waals surface area contributed by atoms with E-state index in [2.05, 4.69) is 5.32 Å². The molecule has 0 saturated carbocycles. The highest BCUT2D eigenvalue weighted by atomic mass is 16.4. The highest BCUT2D eigenvalue weighted by Crippen LogP contribution is 2.25. The Hall–Kier alpha value is -2.08. The number of rotatable bonds is 4. The molecule has 0 aliphatic carbocycles. The molecule has 114 valence electrons. The zero-order valence-corrected chi connectivity index (χ0v) is 12.0. The monoisotopic (exact) mass is 292 g/mol. The smallest absolute Gasteiger partial charge is 0.322 e. The molecule has 1 aromatic carbocycles. The van der Waals surface area contributed by atoms with Crippen LogP contribution in [0.2, 0.25) is 0 Å². The lowest BCUT2D eigenvalue weighted by atomic mass is 10.0. The van der Waals surface area contributed by atoms with Crippen molar-refractivity contribution in [1.29, 1.82) is 0 Å². The van der Waals surface area contributed by atoms with Gasteiger partial charge >= 0.3 is 12.0 Å². The number of hydrogen-bond donors (Lipinski definition) is 3. The summed E-state index contributed by atoms with van der Waals surface area (Å²) in [6.07, 6.45) is 0.714. The van der Waals surface area contributed by atoms with Gasteiger partial charge in [-0.3, -0.25) is 4.79 Å². The highest BCUT2D eigenvalue weighted by Gasteiger charge is 2.34. The largest absolute Gasteiger partial charge is 0.481 e. The molecule has 6 nitrogen and oxygen atoms in total. The summed E-state index contributed by atoms with van der Waals surface area (Å²) in [7, 11) is 0. The molecule has 1 saturated heterocycles. The summed E-state index contributed by atoms with van der Waals surface area (Å²) in [6, 6.07) is 6.37. The van der Waals surface area contributed by atoms with Crippen LogP contribution in [0.3, 0.4) is 0 Å². The van der Waals surface area contributed by atoms with Gasteiger partial charge in [0.15, 0.2) is 0 Å².